The van der Waals surface area contributed by atoms with Gasteiger partial charge in [0, 0.05) is 5.69 Å². The third-order valence-electron chi connectivity index (χ3n) is 2.73. The van der Waals surface area contributed by atoms with E-state index in [1.165, 1.54) is 0 Å². The van der Waals surface area contributed by atoms with Crippen molar-refractivity contribution in [2.75, 3.05) is 5.73 Å². The number of carboxylic acid groups (broad SMARTS) is 1. The number of carbonyl (C=O) groups is 1. The number of rotatable bonds is 3. The largest absolute Gasteiger partial charge is 0.481 e. The quantitative estimate of drug-likeness (QED) is 0.722. The van der Waals surface area contributed by atoms with Crippen LogP contribution in [0.4, 0.5) is 5.69 Å². The lowest BCUT2D eigenvalue weighted by Crippen LogP contribution is -2.32. The molecule has 0 aliphatic rings. The van der Waals surface area contributed by atoms with E-state index in [-0.39, 0.29) is 0 Å². The molecule has 0 spiro atoms. The van der Waals surface area contributed by atoms with E-state index in [9.17, 15) is 4.79 Å². The third kappa shape index (κ3) is 1.58. The Labute approximate surface area is 83.6 Å². The van der Waals surface area contributed by atoms with Crippen LogP contribution < -0.4 is 5.73 Å². The summed E-state index contributed by atoms with van der Waals surface area (Å²) < 4.78 is 0. The number of nitrogens with two attached hydrogens (primary N) is 1. The number of carboxylic acids is 1. The van der Waals surface area contributed by atoms with E-state index < -0.39 is 11.4 Å². The number of hydrogen-bond donors (Lipinski definition) is 2. The Morgan fingerprint density at radius 1 is 1.50 bits per heavy atom. The molecule has 0 aliphatic heterocycles. The molecule has 0 bridgehead atoms. The van der Waals surface area contributed by atoms with Gasteiger partial charge in [-0.25, -0.2) is 0 Å². The predicted octanol–water partition coefficient (Wildman–Crippen LogP) is 2.02. The van der Waals surface area contributed by atoms with Crippen LogP contribution in [0.15, 0.2) is 24.3 Å². The van der Waals surface area contributed by atoms with Gasteiger partial charge in [-0.15, -0.1) is 0 Å². The molecule has 3 heteroatoms. The predicted molar refractivity (Wildman–Crippen MR) is 56.1 cm³/mol. The number of para-hydroxylation sites is 1. The Hall–Kier alpha value is -1.51. The molecule has 0 fully saturated rings. The van der Waals surface area contributed by atoms with Crippen molar-refractivity contribution in [1.82, 2.24) is 0 Å². The molecule has 1 aromatic carbocycles. The van der Waals surface area contributed by atoms with E-state index in [1.54, 1.807) is 25.1 Å². The molecule has 0 amide bonds. The maximum Gasteiger partial charge on any atom is 0.313 e. The van der Waals surface area contributed by atoms with Crippen molar-refractivity contribution in [2.24, 2.45) is 0 Å². The average Bonchev–Trinajstić information content (AvgIpc) is 2.17. The molecule has 1 rings (SSSR count). The van der Waals surface area contributed by atoms with Crippen LogP contribution in [-0.2, 0) is 10.2 Å². The summed E-state index contributed by atoms with van der Waals surface area (Å²) in [6.45, 7) is 3.54. The highest BCUT2D eigenvalue weighted by Crippen LogP contribution is 2.31. The first-order valence-electron chi connectivity index (χ1n) is 4.60. The van der Waals surface area contributed by atoms with E-state index in [2.05, 4.69) is 0 Å². The second kappa shape index (κ2) is 3.70. The molecule has 14 heavy (non-hydrogen) atoms. The van der Waals surface area contributed by atoms with Crippen LogP contribution in [-0.4, -0.2) is 11.1 Å². The Morgan fingerprint density at radius 2 is 2.07 bits per heavy atom. The van der Waals surface area contributed by atoms with Gasteiger partial charge in [-0.1, -0.05) is 25.1 Å². The van der Waals surface area contributed by atoms with Gasteiger partial charge < -0.3 is 10.8 Å². The molecule has 1 aromatic rings. The summed E-state index contributed by atoms with van der Waals surface area (Å²) in [5.74, 6) is -0.835. The fourth-order valence-corrected chi connectivity index (χ4v) is 1.46. The monoisotopic (exact) mass is 193 g/mol. The van der Waals surface area contributed by atoms with Crippen molar-refractivity contribution in [1.29, 1.82) is 0 Å². The van der Waals surface area contributed by atoms with Gasteiger partial charge in [0.15, 0.2) is 0 Å². The molecule has 0 aliphatic carbocycles. The SMILES string of the molecule is CCC(C)(C(=O)O)c1ccccc1N. The van der Waals surface area contributed by atoms with E-state index in [0.717, 1.165) is 0 Å². The Morgan fingerprint density at radius 3 is 2.50 bits per heavy atom. The van der Waals surface area contributed by atoms with Crippen LogP contribution >= 0.6 is 0 Å². The molecule has 76 valence electrons. The topological polar surface area (TPSA) is 63.3 Å². The molecular weight excluding hydrogens is 178 g/mol. The molecule has 1 atom stereocenters. The zero-order chi connectivity index (χ0) is 10.8. The van der Waals surface area contributed by atoms with Gasteiger partial charge >= 0.3 is 5.97 Å². The van der Waals surface area contributed by atoms with E-state index in [1.807, 2.05) is 13.0 Å². The Bertz CT molecular complexity index is 349. The third-order valence-corrected chi connectivity index (χ3v) is 2.73. The summed E-state index contributed by atoms with van der Waals surface area (Å²) in [4.78, 5) is 11.1. The molecule has 0 saturated carbocycles. The molecule has 0 aromatic heterocycles. The minimum absolute atomic E-state index is 0.524. The van der Waals surface area contributed by atoms with Gasteiger partial charge in [0.25, 0.3) is 0 Å². The molecule has 3 N–H and O–H groups in total. The summed E-state index contributed by atoms with van der Waals surface area (Å²) in [5, 5.41) is 9.15. The number of nitrogen functional groups attached to an aromatic ring is 1. The first kappa shape index (κ1) is 10.6. The normalized spacial score (nSPS) is 14.7. The molecule has 0 saturated heterocycles. The Balaban J connectivity index is 3.26. The zero-order valence-electron chi connectivity index (χ0n) is 8.45. The van der Waals surface area contributed by atoms with Crippen molar-refractivity contribution in [2.45, 2.75) is 25.7 Å². The fraction of sp³-hybridized carbons (Fsp3) is 0.364. The molecule has 3 nitrogen and oxygen atoms in total. The summed E-state index contributed by atoms with van der Waals surface area (Å²) in [6.07, 6.45) is 0.524. The zero-order valence-corrected chi connectivity index (χ0v) is 8.45. The number of aliphatic carboxylic acids is 1. The molecule has 0 radical (unpaired) electrons. The number of benzene rings is 1. The van der Waals surface area contributed by atoms with Gasteiger partial charge in [0.05, 0.1) is 5.41 Å². The highest BCUT2D eigenvalue weighted by molar-refractivity contribution is 5.83. The van der Waals surface area contributed by atoms with Crippen molar-refractivity contribution < 1.29 is 9.90 Å². The van der Waals surface area contributed by atoms with Gasteiger partial charge in [0.2, 0.25) is 0 Å². The second-order valence-electron chi connectivity index (χ2n) is 3.58. The Kier molecular flexibility index (Phi) is 2.79. The lowest BCUT2D eigenvalue weighted by Gasteiger charge is -2.24. The smallest absolute Gasteiger partial charge is 0.313 e. The number of anilines is 1. The first-order chi connectivity index (χ1) is 6.52. The maximum absolute atomic E-state index is 11.1. The van der Waals surface area contributed by atoms with Crippen LogP contribution in [0.1, 0.15) is 25.8 Å². The lowest BCUT2D eigenvalue weighted by atomic mass is 9.79. The van der Waals surface area contributed by atoms with Gasteiger partial charge in [0.1, 0.15) is 0 Å². The minimum atomic E-state index is -0.884. The van der Waals surface area contributed by atoms with Crippen molar-refractivity contribution in [3.8, 4) is 0 Å². The molecule has 0 heterocycles. The summed E-state index contributed by atoms with van der Waals surface area (Å²) in [5.41, 5.74) is 6.10. The van der Waals surface area contributed by atoms with Crippen LogP contribution in [0.25, 0.3) is 0 Å². The van der Waals surface area contributed by atoms with Crippen molar-refractivity contribution >= 4 is 11.7 Å². The van der Waals surface area contributed by atoms with Gasteiger partial charge in [-0.3, -0.25) is 4.79 Å². The summed E-state index contributed by atoms with van der Waals surface area (Å²) in [6, 6.07) is 7.11. The number of hydrogen-bond acceptors (Lipinski definition) is 2. The van der Waals surface area contributed by atoms with Gasteiger partial charge in [-0.05, 0) is 25.0 Å². The van der Waals surface area contributed by atoms with Crippen molar-refractivity contribution in [3.63, 3.8) is 0 Å². The van der Waals surface area contributed by atoms with E-state index >= 15 is 0 Å². The highest BCUT2D eigenvalue weighted by Gasteiger charge is 2.34. The highest BCUT2D eigenvalue weighted by atomic mass is 16.4. The van der Waals surface area contributed by atoms with Crippen molar-refractivity contribution in [3.05, 3.63) is 29.8 Å². The first-order valence-corrected chi connectivity index (χ1v) is 4.60. The van der Waals surface area contributed by atoms with Crippen LogP contribution in [0.3, 0.4) is 0 Å². The molecular formula is C11H15NO2. The standard InChI is InChI=1S/C11H15NO2/c1-3-11(2,10(13)14)8-6-4-5-7-9(8)12/h4-7H,3,12H2,1-2H3,(H,13,14). The van der Waals surface area contributed by atoms with Crippen LogP contribution in [0.5, 0.6) is 0 Å². The lowest BCUT2D eigenvalue weighted by molar-refractivity contribution is -0.143. The second-order valence-corrected chi connectivity index (χ2v) is 3.58. The fourth-order valence-electron chi connectivity index (χ4n) is 1.46. The van der Waals surface area contributed by atoms with Crippen LogP contribution in [0, 0.1) is 0 Å². The van der Waals surface area contributed by atoms with Crippen LogP contribution in [0.2, 0.25) is 0 Å². The molecule has 1 unspecified atom stereocenters. The van der Waals surface area contributed by atoms with E-state index in [0.29, 0.717) is 17.7 Å². The van der Waals surface area contributed by atoms with E-state index in [4.69, 9.17) is 10.8 Å². The summed E-state index contributed by atoms with van der Waals surface area (Å²) in [7, 11) is 0. The summed E-state index contributed by atoms with van der Waals surface area (Å²) >= 11 is 0. The minimum Gasteiger partial charge on any atom is -0.481 e. The average molecular weight is 193 g/mol. The van der Waals surface area contributed by atoms with Gasteiger partial charge in [-0.2, -0.15) is 0 Å². The maximum atomic E-state index is 11.1.